The van der Waals surface area contributed by atoms with Crippen molar-refractivity contribution in [3.05, 3.63) is 35.9 Å². The number of hydrogen-bond acceptors (Lipinski definition) is 3. The topological polar surface area (TPSA) is 49.9 Å². The van der Waals surface area contributed by atoms with Crippen LogP contribution in [0.3, 0.4) is 0 Å². The number of carbonyl (C=O) groups excluding carboxylic acids is 2. The zero-order chi connectivity index (χ0) is 19.2. The van der Waals surface area contributed by atoms with Crippen LogP contribution in [0.15, 0.2) is 30.3 Å². The van der Waals surface area contributed by atoms with E-state index in [9.17, 15) is 9.59 Å². The zero-order valence-corrected chi connectivity index (χ0v) is 16.5. The SMILES string of the molecule is CCC(=O)N(Cc1ccccc1)CC1CCN(C(=O)OC(C)(C)C)CC1. The van der Waals surface area contributed by atoms with Crippen molar-refractivity contribution in [1.29, 1.82) is 0 Å². The van der Waals surface area contributed by atoms with Gasteiger partial charge in [0.25, 0.3) is 0 Å². The van der Waals surface area contributed by atoms with Crippen molar-refractivity contribution in [3.8, 4) is 0 Å². The number of amides is 2. The Labute approximate surface area is 157 Å². The maximum atomic E-state index is 12.4. The molecule has 1 aliphatic rings. The van der Waals surface area contributed by atoms with E-state index in [4.69, 9.17) is 4.74 Å². The molecule has 0 bridgehead atoms. The van der Waals surface area contributed by atoms with Gasteiger partial charge in [0.05, 0.1) is 0 Å². The summed E-state index contributed by atoms with van der Waals surface area (Å²) in [5, 5.41) is 0. The van der Waals surface area contributed by atoms with Crippen LogP contribution in [0.1, 0.15) is 52.5 Å². The lowest BCUT2D eigenvalue weighted by Gasteiger charge is -2.35. The minimum absolute atomic E-state index is 0.184. The number of likely N-dealkylation sites (tertiary alicyclic amines) is 1. The van der Waals surface area contributed by atoms with Gasteiger partial charge in [-0.1, -0.05) is 37.3 Å². The molecular formula is C21H32N2O3. The van der Waals surface area contributed by atoms with Crippen LogP contribution >= 0.6 is 0 Å². The zero-order valence-electron chi connectivity index (χ0n) is 16.5. The Balaban J connectivity index is 1.88. The van der Waals surface area contributed by atoms with Crippen molar-refractivity contribution in [2.24, 2.45) is 5.92 Å². The molecule has 0 aliphatic carbocycles. The molecule has 0 unspecified atom stereocenters. The first kappa shape index (κ1) is 20.3. The van der Waals surface area contributed by atoms with Crippen LogP contribution in [-0.2, 0) is 16.1 Å². The van der Waals surface area contributed by atoms with Crippen molar-refractivity contribution in [2.75, 3.05) is 19.6 Å². The lowest BCUT2D eigenvalue weighted by atomic mass is 9.96. The fourth-order valence-electron chi connectivity index (χ4n) is 3.22. The molecule has 5 heteroatoms. The molecule has 0 atom stereocenters. The summed E-state index contributed by atoms with van der Waals surface area (Å²) in [6, 6.07) is 10.1. The summed E-state index contributed by atoms with van der Waals surface area (Å²) < 4.78 is 5.45. The Morgan fingerprint density at radius 1 is 1.15 bits per heavy atom. The average molecular weight is 360 g/mol. The molecule has 1 fully saturated rings. The van der Waals surface area contributed by atoms with E-state index >= 15 is 0 Å². The molecular weight excluding hydrogens is 328 g/mol. The van der Waals surface area contributed by atoms with E-state index in [0.717, 1.165) is 24.9 Å². The van der Waals surface area contributed by atoms with Crippen LogP contribution in [0.5, 0.6) is 0 Å². The minimum atomic E-state index is -0.464. The normalized spacial score (nSPS) is 15.6. The second-order valence-corrected chi connectivity index (χ2v) is 8.02. The summed E-state index contributed by atoms with van der Waals surface area (Å²) in [6.45, 7) is 10.4. The third kappa shape index (κ3) is 6.36. The number of benzene rings is 1. The second-order valence-electron chi connectivity index (χ2n) is 8.02. The molecule has 1 aromatic rings. The quantitative estimate of drug-likeness (QED) is 0.795. The van der Waals surface area contributed by atoms with Crippen LogP contribution in [-0.4, -0.2) is 47.0 Å². The molecule has 0 spiro atoms. The number of rotatable bonds is 5. The summed E-state index contributed by atoms with van der Waals surface area (Å²) in [7, 11) is 0. The highest BCUT2D eigenvalue weighted by molar-refractivity contribution is 5.75. The van der Waals surface area contributed by atoms with E-state index < -0.39 is 5.60 Å². The van der Waals surface area contributed by atoms with Gasteiger partial charge >= 0.3 is 6.09 Å². The van der Waals surface area contributed by atoms with Crippen molar-refractivity contribution in [3.63, 3.8) is 0 Å². The maximum absolute atomic E-state index is 12.4. The van der Waals surface area contributed by atoms with E-state index in [1.165, 1.54) is 0 Å². The minimum Gasteiger partial charge on any atom is -0.444 e. The van der Waals surface area contributed by atoms with Crippen LogP contribution in [0.4, 0.5) is 4.79 Å². The first-order valence-corrected chi connectivity index (χ1v) is 9.58. The van der Waals surface area contributed by atoms with E-state index in [1.54, 1.807) is 4.90 Å². The molecule has 0 radical (unpaired) electrons. The highest BCUT2D eigenvalue weighted by Crippen LogP contribution is 2.22. The highest BCUT2D eigenvalue weighted by Gasteiger charge is 2.28. The van der Waals surface area contributed by atoms with E-state index in [1.807, 2.05) is 50.8 Å². The largest absolute Gasteiger partial charge is 0.444 e. The van der Waals surface area contributed by atoms with Gasteiger partial charge in [0, 0.05) is 32.6 Å². The Kier molecular flexibility index (Phi) is 7.06. The van der Waals surface area contributed by atoms with E-state index in [2.05, 4.69) is 12.1 Å². The first-order valence-electron chi connectivity index (χ1n) is 9.58. The van der Waals surface area contributed by atoms with Crippen molar-refractivity contribution in [1.82, 2.24) is 9.80 Å². The molecule has 1 saturated heterocycles. The summed E-state index contributed by atoms with van der Waals surface area (Å²) >= 11 is 0. The third-order valence-electron chi connectivity index (χ3n) is 4.62. The predicted molar refractivity (Wildman–Crippen MR) is 103 cm³/mol. The second kappa shape index (κ2) is 9.06. The first-order chi connectivity index (χ1) is 12.3. The monoisotopic (exact) mass is 360 g/mol. The lowest BCUT2D eigenvalue weighted by molar-refractivity contribution is -0.132. The van der Waals surface area contributed by atoms with Gasteiger partial charge in [-0.25, -0.2) is 4.79 Å². The standard InChI is InChI=1S/C21H32N2O3/c1-5-19(24)23(15-17-9-7-6-8-10-17)16-18-11-13-22(14-12-18)20(25)26-21(2,3)4/h6-10,18H,5,11-16H2,1-4H3. The fourth-order valence-corrected chi connectivity index (χ4v) is 3.22. The van der Waals surface area contributed by atoms with Gasteiger partial charge in [-0.15, -0.1) is 0 Å². The van der Waals surface area contributed by atoms with Gasteiger partial charge in [-0.2, -0.15) is 0 Å². The molecule has 1 heterocycles. The number of nitrogens with zero attached hydrogens (tertiary/aromatic N) is 2. The van der Waals surface area contributed by atoms with Crippen LogP contribution in [0, 0.1) is 5.92 Å². The van der Waals surface area contributed by atoms with Gasteiger partial charge in [-0.3, -0.25) is 4.79 Å². The van der Waals surface area contributed by atoms with Gasteiger partial charge in [0.15, 0.2) is 0 Å². The van der Waals surface area contributed by atoms with Gasteiger partial charge in [-0.05, 0) is 45.1 Å². The Morgan fingerprint density at radius 3 is 2.31 bits per heavy atom. The average Bonchev–Trinajstić information content (AvgIpc) is 2.60. The molecule has 144 valence electrons. The molecule has 2 amide bonds. The number of hydrogen-bond donors (Lipinski definition) is 0. The Hall–Kier alpha value is -2.04. The summed E-state index contributed by atoms with van der Waals surface area (Å²) in [5.74, 6) is 0.608. The van der Waals surface area contributed by atoms with Crippen LogP contribution < -0.4 is 0 Å². The van der Waals surface area contributed by atoms with Crippen LogP contribution in [0.2, 0.25) is 0 Å². The van der Waals surface area contributed by atoms with Gasteiger partial charge in [0.1, 0.15) is 5.60 Å². The van der Waals surface area contributed by atoms with E-state index in [-0.39, 0.29) is 12.0 Å². The van der Waals surface area contributed by atoms with Crippen molar-refractivity contribution in [2.45, 2.75) is 59.1 Å². The molecule has 1 aliphatic heterocycles. The molecule has 0 aromatic heterocycles. The van der Waals surface area contributed by atoms with Crippen LogP contribution in [0.25, 0.3) is 0 Å². The molecule has 5 nitrogen and oxygen atoms in total. The number of ether oxygens (including phenoxy) is 1. The molecule has 1 aromatic carbocycles. The van der Waals surface area contributed by atoms with Gasteiger partial charge < -0.3 is 14.5 Å². The lowest BCUT2D eigenvalue weighted by Crippen LogP contribution is -2.44. The number of piperidine rings is 1. The smallest absolute Gasteiger partial charge is 0.410 e. The van der Waals surface area contributed by atoms with Crippen molar-refractivity contribution < 1.29 is 14.3 Å². The number of carbonyl (C=O) groups is 2. The van der Waals surface area contributed by atoms with E-state index in [0.29, 0.717) is 32.0 Å². The third-order valence-corrected chi connectivity index (χ3v) is 4.62. The predicted octanol–water partition coefficient (Wildman–Crippen LogP) is 4.07. The molecule has 26 heavy (non-hydrogen) atoms. The summed E-state index contributed by atoms with van der Waals surface area (Å²) in [5.41, 5.74) is 0.689. The summed E-state index contributed by atoms with van der Waals surface area (Å²) in [6.07, 6.45) is 2.09. The Morgan fingerprint density at radius 2 is 1.77 bits per heavy atom. The van der Waals surface area contributed by atoms with Gasteiger partial charge in [0.2, 0.25) is 5.91 Å². The molecule has 0 saturated carbocycles. The highest BCUT2D eigenvalue weighted by atomic mass is 16.6. The fraction of sp³-hybridized carbons (Fsp3) is 0.619. The Bertz CT molecular complexity index is 587. The molecule has 2 rings (SSSR count). The maximum Gasteiger partial charge on any atom is 0.410 e. The summed E-state index contributed by atoms with van der Waals surface area (Å²) in [4.78, 5) is 28.3. The molecule has 0 N–H and O–H groups in total. The van der Waals surface area contributed by atoms with Crippen molar-refractivity contribution >= 4 is 12.0 Å².